The van der Waals surface area contributed by atoms with Gasteiger partial charge in [0.1, 0.15) is 11.5 Å². The predicted octanol–water partition coefficient (Wildman–Crippen LogP) is 1.01. The number of rotatable bonds is 3. The van der Waals surface area contributed by atoms with Gasteiger partial charge in [-0.05, 0) is 12.8 Å². The van der Waals surface area contributed by atoms with Crippen molar-refractivity contribution in [3.63, 3.8) is 0 Å². The molecule has 17 heavy (non-hydrogen) atoms. The summed E-state index contributed by atoms with van der Waals surface area (Å²) in [5.74, 6) is 0.627. The van der Waals surface area contributed by atoms with Gasteiger partial charge in [-0.2, -0.15) is 0 Å². The van der Waals surface area contributed by atoms with Crippen molar-refractivity contribution in [3.05, 3.63) is 17.7 Å². The topological polar surface area (TPSA) is 78.0 Å². The first kappa shape index (κ1) is 12.1. The number of carbonyl (C=O) groups is 1. The number of H-pyrrole nitrogens is 1. The van der Waals surface area contributed by atoms with Crippen LogP contribution in [0.3, 0.4) is 0 Å². The van der Waals surface area contributed by atoms with Crippen LogP contribution in [0, 0.1) is 0 Å². The third-order valence-electron chi connectivity index (χ3n) is 3.25. The molecule has 2 rings (SSSR count). The molecular weight excluding hydrogens is 218 g/mol. The van der Waals surface area contributed by atoms with E-state index in [4.69, 9.17) is 0 Å². The van der Waals surface area contributed by atoms with Gasteiger partial charge in [0.15, 0.2) is 0 Å². The summed E-state index contributed by atoms with van der Waals surface area (Å²) in [4.78, 5) is 18.9. The highest BCUT2D eigenvalue weighted by Crippen LogP contribution is 2.18. The molecule has 5 nitrogen and oxygen atoms in total. The average molecular weight is 237 g/mol. The number of aromatic nitrogens is 2. The number of aliphatic hydroxyl groups is 1. The summed E-state index contributed by atoms with van der Waals surface area (Å²) in [6, 6.07) is -0.121. The molecule has 1 aromatic rings. The van der Waals surface area contributed by atoms with Crippen molar-refractivity contribution in [2.75, 3.05) is 0 Å². The van der Waals surface area contributed by atoms with Crippen LogP contribution >= 0.6 is 0 Å². The Morgan fingerprint density at radius 3 is 3.00 bits per heavy atom. The highest BCUT2D eigenvalue weighted by Gasteiger charge is 2.25. The lowest BCUT2D eigenvalue weighted by Gasteiger charge is -2.28. The second kappa shape index (κ2) is 5.31. The fourth-order valence-corrected chi connectivity index (χ4v) is 2.18. The summed E-state index contributed by atoms with van der Waals surface area (Å²) in [5, 5.41) is 12.6. The molecule has 0 aromatic carbocycles. The zero-order valence-corrected chi connectivity index (χ0v) is 10.1. The van der Waals surface area contributed by atoms with E-state index in [1.165, 1.54) is 0 Å². The summed E-state index contributed by atoms with van der Waals surface area (Å²) in [6.45, 7) is 1.98. The molecule has 94 valence electrons. The molecule has 1 heterocycles. The van der Waals surface area contributed by atoms with Gasteiger partial charge in [-0.15, -0.1) is 0 Å². The minimum Gasteiger partial charge on any atom is -0.391 e. The number of nitrogens with zero attached hydrogens (tertiary/aromatic N) is 1. The van der Waals surface area contributed by atoms with Crippen molar-refractivity contribution in [1.82, 2.24) is 15.3 Å². The van der Waals surface area contributed by atoms with Crippen LogP contribution in [0.2, 0.25) is 0 Å². The Morgan fingerprint density at radius 1 is 1.59 bits per heavy atom. The number of nitrogens with one attached hydrogen (secondary N) is 2. The van der Waals surface area contributed by atoms with Gasteiger partial charge in [0.2, 0.25) is 0 Å². The van der Waals surface area contributed by atoms with E-state index >= 15 is 0 Å². The van der Waals surface area contributed by atoms with Gasteiger partial charge >= 0.3 is 0 Å². The largest absolute Gasteiger partial charge is 0.391 e. The van der Waals surface area contributed by atoms with Gasteiger partial charge in [-0.3, -0.25) is 4.79 Å². The van der Waals surface area contributed by atoms with E-state index in [0.29, 0.717) is 5.69 Å². The van der Waals surface area contributed by atoms with Crippen LogP contribution in [0.15, 0.2) is 6.20 Å². The Labute approximate surface area is 101 Å². The molecule has 0 aliphatic heterocycles. The van der Waals surface area contributed by atoms with Crippen molar-refractivity contribution < 1.29 is 9.90 Å². The molecule has 1 aliphatic carbocycles. The third kappa shape index (κ3) is 2.85. The van der Waals surface area contributed by atoms with Crippen molar-refractivity contribution in [2.24, 2.45) is 0 Å². The molecule has 1 fully saturated rings. The number of carbonyl (C=O) groups excluding carboxylic acids is 1. The molecular formula is C12H19N3O2. The zero-order chi connectivity index (χ0) is 12.3. The first-order valence-corrected chi connectivity index (χ1v) is 6.23. The van der Waals surface area contributed by atoms with Crippen molar-refractivity contribution in [2.45, 2.75) is 51.2 Å². The normalized spacial score (nSPS) is 24.6. The van der Waals surface area contributed by atoms with Gasteiger partial charge in [0.05, 0.1) is 18.3 Å². The molecule has 0 saturated heterocycles. The van der Waals surface area contributed by atoms with E-state index in [2.05, 4.69) is 15.3 Å². The van der Waals surface area contributed by atoms with Crippen molar-refractivity contribution in [1.29, 1.82) is 0 Å². The predicted molar refractivity (Wildman–Crippen MR) is 63.7 cm³/mol. The maximum atomic E-state index is 11.9. The smallest absolute Gasteiger partial charge is 0.269 e. The zero-order valence-electron chi connectivity index (χ0n) is 10.1. The van der Waals surface area contributed by atoms with E-state index in [1.54, 1.807) is 6.20 Å². The molecule has 5 heteroatoms. The molecule has 0 spiro atoms. The SMILES string of the molecule is CCc1ncc(C(=O)NC2CCCCC2O)[nH]1. The Bertz CT molecular complexity index is 389. The first-order valence-electron chi connectivity index (χ1n) is 6.23. The van der Waals surface area contributed by atoms with Crippen LogP contribution in [0.5, 0.6) is 0 Å². The fraction of sp³-hybridized carbons (Fsp3) is 0.667. The summed E-state index contributed by atoms with van der Waals surface area (Å²) >= 11 is 0. The Kier molecular flexibility index (Phi) is 3.78. The van der Waals surface area contributed by atoms with Crippen molar-refractivity contribution >= 4 is 5.91 Å². The monoisotopic (exact) mass is 237 g/mol. The van der Waals surface area contributed by atoms with Crippen LogP contribution in [-0.2, 0) is 6.42 Å². The minimum atomic E-state index is -0.415. The molecule has 1 saturated carbocycles. The van der Waals surface area contributed by atoms with Crippen LogP contribution in [0.25, 0.3) is 0 Å². The molecule has 1 amide bonds. The Morgan fingerprint density at radius 2 is 2.35 bits per heavy atom. The van der Waals surface area contributed by atoms with Gasteiger partial charge in [0.25, 0.3) is 5.91 Å². The van der Waals surface area contributed by atoms with Gasteiger partial charge in [0, 0.05) is 6.42 Å². The number of imidazole rings is 1. The van der Waals surface area contributed by atoms with E-state index < -0.39 is 6.10 Å². The van der Waals surface area contributed by atoms with E-state index in [-0.39, 0.29) is 11.9 Å². The van der Waals surface area contributed by atoms with Crippen LogP contribution in [0.4, 0.5) is 0 Å². The first-order chi connectivity index (χ1) is 8.20. The van der Waals surface area contributed by atoms with Crippen molar-refractivity contribution in [3.8, 4) is 0 Å². The quantitative estimate of drug-likeness (QED) is 0.734. The lowest BCUT2D eigenvalue weighted by molar-refractivity contribution is 0.0714. The molecule has 1 aliphatic rings. The van der Waals surface area contributed by atoms with Crippen LogP contribution in [0.1, 0.15) is 48.9 Å². The number of amides is 1. The lowest BCUT2D eigenvalue weighted by Crippen LogP contribution is -2.45. The Hall–Kier alpha value is -1.36. The van der Waals surface area contributed by atoms with E-state index in [9.17, 15) is 9.90 Å². The molecule has 0 radical (unpaired) electrons. The highest BCUT2D eigenvalue weighted by molar-refractivity contribution is 5.92. The second-order valence-electron chi connectivity index (χ2n) is 4.53. The maximum absolute atomic E-state index is 11.9. The lowest BCUT2D eigenvalue weighted by atomic mass is 9.92. The third-order valence-corrected chi connectivity index (χ3v) is 3.25. The second-order valence-corrected chi connectivity index (χ2v) is 4.53. The molecule has 1 aromatic heterocycles. The van der Waals surface area contributed by atoms with Gasteiger partial charge in [-0.25, -0.2) is 4.98 Å². The summed E-state index contributed by atoms with van der Waals surface area (Å²) < 4.78 is 0. The van der Waals surface area contributed by atoms with E-state index in [0.717, 1.165) is 37.9 Å². The molecule has 3 N–H and O–H groups in total. The van der Waals surface area contributed by atoms with E-state index in [1.807, 2.05) is 6.92 Å². The number of hydrogen-bond donors (Lipinski definition) is 3. The van der Waals surface area contributed by atoms with Gasteiger partial charge in [-0.1, -0.05) is 19.8 Å². The number of aliphatic hydroxyl groups excluding tert-OH is 1. The highest BCUT2D eigenvalue weighted by atomic mass is 16.3. The molecule has 0 bridgehead atoms. The maximum Gasteiger partial charge on any atom is 0.269 e. The van der Waals surface area contributed by atoms with Crippen LogP contribution in [-0.4, -0.2) is 33.1 Å². The summed E-state index contributed by atoms with van der Waals surface area (Å²) in [7, 11) is 0. The molecule has 2 atom stereocenters. The van der Waals surface area contributed by atoms with Gasteiger partial charge < -0.3 is 15.4 Å². The fourth-order valence-electron chi connectivity index (χ4n) is 2.18. The number of aromatic amines is 1. The standard InChI is InChI=1S/C12H19N3O2/c1-2-11-13-7-9(14-11)12(17)15-8-5-3-4-6-10(8)16/h7-8,10,16H,2-6H2,1H3,(H,13,14)(H,15,17). The molecule has 2 unspecified atom stereocenters. The summed E-state index contributed by atoms with van der Waals surface area (Å²) in [6.07, 6.45) is 5.63. The number of hydrogen-bond acceptors (Lipinski definition) is 3. The minimum absolute atomic E-state index is 0.121. The Balaban J connectivity index is 1.96. The summed E-state index contributed by atoms with van der Waals surface area (Å²) in [5.41, 5.74) is 0.472. The van der Waals surface area contributed by atoms with Crippen LogP contribution < -0.4 is 5.32 Å². The number of aryl methyl sites for hydroxylation is 1. The average Bonchev–Trinajstić information content (AvgIpc) is 2.81.